The zero-order valence-corrected chi connectivity index (χ0v) is 68.0. The number of carbonyl (C=O) groups excluding carboxylic acids is 1. The molecule has 120 heavy (non-hydrogen) atoms. The minimum absolute atomic E-state index is 0.0746. The summed E-state index contributed by atoms with van der Waals surface area (Å²) in [5.74, 6) is -13.9. The van der Waals surface area contributed by atoms with E-state index in [1.165, 1.54) is 6.20 Å². The maximum Gasteiger partial charge on any atom is 0.530 e. The van der Waals surface area contributed by atoms with Gasteiger partial charge >= 0.3 is 31.3 Å². The number of rotatable bonds is 16. The number of alkyl halides is 4. The average Bonchev–Trinajstić information content (AvgIpc) is 1.56. The van der Waals surface area contributed by atoms with Gasteiger partial charge in [-0.05, 0) is 86.6 Å². The number of nitrogens with one attached hydrogen (secondary N) is 4. The Balaban J connectivity index is 0.000000144. The van der Waals surface area contributed by atoms with Gasteiger partial charge in [-0.15, -0.1) is 0 Å². The number of phosphoric ester groups is 4. The molecule has 0 radical (unpaired) electrons. The number of hydrogen-bond acceptors (Lipinski definition) is 36. The standard InChI is InChI=1S/C18H20FN2O8P.3C17H18FN2O8PS/c1-10-4-3-5-12-8-26-30(25,29-15(10)12)27-9-18(19)16(24)14(23)17(28-18)21-7-6-13(22)20-11(21)2;3*1-9-3-2-4-10-7-25-29(24,28-13(9)10)26-8-17(18)14(23)12(22)15(27-17)20-6-5-11(21)19-16(20)30/h3-7,14,16-17,23-24H,2,8-9H2,1H3,(H,20,22);3*2-6,12,14-15,22-23H,7-8H2,1H3,(H,19,21,30)/t14-,16+,17-,18-,30?;3*12-,14+,15-,17-,29?/m1111/s1/i9D2,17D;15D;8D2;. The van der Waals surface area contributed by atoms with Crippen LogP contribution < -0.4 is 40.1 Å². The van der Waals surface area contributed by atoms with Gasteiger partial charge in [-0.2, -0.15) is 0 Å². The van der Waals surface area contributed by atoms with Crippen molar-refractivity contribution < 1.29 is 163 Å². The summed E-state index contributed by atoms with van der Waals surface area (Å²) in [6, 6.07) is 23.4. The highest BCUT2D eigenvalue weighted by molar-refractivity contribution is 7.71. The van der Waals surface area contributed by atoms with Crippen LogP contribution in [0, 0.1) is 42.0 Å². The van der Waals surface area contributed by atoms with E-state index < -0.39 is 177 Å². The van der Waals surface area contributed by atoms with Crippen LogP contribution in [0.2, 0.25) is 0 Å². The Bertz CT molecular complexity index is 6100. The van der Waals surface area contributed by atoms with Crippen LogP contribution in [0.3, 0.4) is 0 Å². The molecular formula is C69H74F4N8O32P4S3. The molecule has 9 aliphatic heterocycles. The zero-order chi connectivity index (χ0) is 92.2. The second-order valence-electron chi connectivity index (χ2n) is 27.0. The van der Waals surface area contributed by atoms with Crippen LogP contribution in [-0.4, -0.2) is 185 Å². The van der Waals surface area contributed by atoms with Crippen molar-refractivity contribution in [2.45, 2.75) is 151 Å². The number of hydrogen-bond donors (Lipinski definition) is 12. The number of aliphatic hydroxyl groups is 8. The van der Waals surface area contributed by atoms with Crippen LogP contribution >= 0.6 is 67.9 Å². The fourth-order valence-electron chi connectivity index (χ4n) is 12.2. The minimum atomic E-state index is -4.78. The fourth-order valence-corrected chi connectivity index (χ4v) is 17.9. The molecule has 648 valence electrons. The van der Waals surface area contributed by atoms with Gasteiger partial charge < -0.3 is 88.1 Å². The average molecular weight is 1830 g/mol. The Labute approximate surface area is 697 Å². The molecule has 4 saturated heterocycles. The summed E-state index contributed by atoms with van der Waals surface area (Å²) < 4.78 is 246. The van der Waals surface area contributed by atoms with Crippen molar-refractivity contribution in [2.24, 2.45) is 0 Å². The minimum Gasteiger partial charge on any atom is -0.403 e. The van der Waals surface area contributed by atoms with E-state index in [9.17, 15) is 78.3 Å². The quantitative estimate of drug-likeness (QED) is 0.0269. The smallest absolute Gasteiger partial charge is 0.403 e. The summed E-state index contributed by atoms with van der Waals surface area (Å²) in [7, 11) is -18.0. The van der Waals surface area contributed by atoms with Crippen molar-refractivity contribution in [3.05, 3.63) is 224 Å². The SMILES string of the molecule is Cc1cccc2c1OP(=O)(OC[C@@]1(F)O[C@@H](n3ccc(=O)[nH]c3=S)[C@H](O)[C@@H]1O)OC2.[2H]C([2H])(OP1(=O)OCc2cccc(C)c2O1)[C@@]1(F)O[C@@H](n2ccc(=O)[nH]c2=S)[C@H](O)[C@@H]1O.[2H]C([2H])(OP1(=O)OCc2cccc(C)c2O1)[C@@]1(F)O[C@@]([2H])(N2C=CC(=O)NC2=C)[C@H](O)[C@@H]1O.[2H][C@@]1(n2ccc(=O)[nH]c2=S)O[C@](F)(COP2(=O)OCc3cccc(C)c3O2)[C@@H](O)[C@H]1O. The number of fused-ring (bicyclic) bond motifs is 4. The number of aliphatic hydroxyl groups excluding tert-OH is 8. The topological polar surface area (TPSA) is 524 Å². The van der Waals surface area contributed by atoms with Crippen LogP contribution in [0.5, 0.6) is 23.0 Å². The molecule has 40 nitrogen and oxygen atoms in total. The lowest BCUT2D eigenvalue weighted by molar-refractivity contribution is -0.208. The Kier molecular flexibility index (Phi) is 23.8. The summed E-state index contributed by atoms with van der Waals surface area (Å²) >= 11 is 14.8. The molecule has 0 spiro atoms. The molecule has 4 fully saturated rings. The van der Waals surface area contributed by atoms with Gasteiger partial charge in [0.05, 0.1) is 34.7 Å². The third kappa shape index (κ3) is 18.7. The maximum atomic E-state index is 15.8. The number of phosphoric acid groups is 4. The van der Waals surface area contributed by atoms with E-state index in [4.69, 9.17) is 118 Å². The third-order valence-corrected chi connectivity index (χ3v) is 24.4. The number of benzene rings is 4. The highest BCUT2D eigenvalue weighted by atomic mass is 32.1. The van der Waals surface area contributed by atoms with E-state index >= 15 is 17.6 Å². The molecule has 0 saturated carbocycles. The molecule has 1 amide bonds. The molecule has 20 atom stereocenters. The van der Waals surface area contributed by atoms with Gasteiger partial charge in [-0.25, -0.2) is 35.8 Å². The van der Waals surface area contributed by atoms with Gasteiger partial charge in [-0.3, -0.25) is 84.0 Å². The fraction of sp³-hybridized carbons (Fsp3) is 0.406. The highest BCUT2D eigenvalue weighted by Crippen LogP contribution is 2.61. The number of aromatic nitrogens is 6. The van der Waals surface area contributed by atoms with Crippen molar-refractivity contribution in [1.29, 1.82) is 0 Å². The predicted molar refractivity (Wildman–Crippen MR) is 405 cm³/mol. The number of aromatic amines is 3. The van der Waals surface area contributed by atoms with Crippen molar-refractivity contribution in [3.8, 4) is 23.0 Å². The molecule has 3 aromatic heterocycles. The number of ether oxygens (including phenoxy) is 4. The Hall–Kier alpha value is -8.03. The predicted octanol–water partition coefficient (Wildman–Crippen LogP) is 6.78. The van der Waals surface area contributed by atoms with Gasteiger partial charge in [0, 0.05) is 71.3 Å². The lowest BCUT2D eigenvalue weighted by atomic mass is 10.1. The molecule has 7 aromatic rings. The highest BCUT2D eigenvalue weighted by Gasteiger charge is 2.62. The second-order valence-corrected chi connectivity index (χ2v) is 34.4. The van der Waals surface area contributed by atoms with E-state index in [1.54, 1.807) is 100 Å². The number of para-hydroxylation sites is 4. The number of aryl methyl sites for hydroxylation is 4. The lowest BCUT2D eigenvalue weighted by Gasteiger charge is -2.32. The summed E-state index contributed by atoms with van der Waals surface area (Å²) in [6.45, 7) is -0.179. The number of nitrogens with zero attached hydrogens (tertiary/aromatic N) is 4. The van der Waals surface area contributed by atoms with E-state index in [-0.39, 0.29) is 63.8 Å². The number of carbonyl (C=O) groups is 1. The van der Waals surface area contributed by atoms with E-state index in [2.05, 4.69) is 26.8 Å². The first kappa shape index (κ1) is 81.6. The van der Waals surface area contributed by atoms with E-state index in [1.807, 2.05) is 0 Å². The molecule has 9 aliphatic rings. The molecule has 12 N–H and O–H groups in total. The molecule has 12 heterocycles. The molecule has 0 aliphatic carbocycles. The first-order valence-electron chi connectivity index (χ1n) is 37.9. The van der Waals surface area contributed by atoms with Crippen LogP contribution in [0.1, 0.15) is 71.4 Å². The Morgan fingerprint density at radius 3 is 1.15 bits per heavy atom. The van der Waals surface area contributed by atoms with Gasteiger partial charge in [-0.1, -0.05) is 79.4 Å². The summed E-state index contributed by atoms with van der Waals surface area (Å²) in [4.78, 5) is 52.8. The lowest BCUT2D eigenvalue weighted by Crippen LogP contribution is -2.46. The molecule has 16 rings (SSSR count). The normalized spacial score (nSPS) is 36.0. The second kappa shape index (κ2) is 34.9. The molecule has 4 unspecified atom stereocenters. The first-order valence-corrected chi connectivity index (χ1v) is 42.0. The maximum absolute atomic E-state index is 15.8. The van der Waals surface area contributed by atoms with Gasteiger partial charge in [0.25, 0.3) is 46.0 Å². The van der Waals surface area contributed by atoms with Crippen molar-refractivity contribution in [2.75, 3.05) is 26.3 Å². The Morgan fingerprint density at radius 1 is 0.467 bits per heavy atom. The largest absolute Gasteiger partial charge is 0.530 e. The summed E-state index contributed by atoms with van der Waals surface area (Å²) in [5, 5.41) is 84.5. The van der Waals surface area contributed by atoms with Gasteiger partial charge in [0.2, 0.25) is 0 Å². The summed E-state index contributed by atoms with van der Waals surface area (Å²) in [6.07, 6.45) is -21.5. The van der Waals surface area contributed by atoms with Crippen LogP contribution in [0.25, 0.3) is 0 Å². The van der Waals surface area contributed by atoms with Crippen LogP contribution in [-0.2, 0) is 105 Å². The molecular weight excluding hydrogens is 1750 g/mol. The first-order chi connectivity index (χ1) is 58.7. The van der Waals surface area contributed by atoms with Gasteiger partial charge in [0.15, 0.2) is 39.2 Å². The van der Waals surface area contributed by atoms with Crippen LogP contribution in [0.4, 0.5) is 17.6 Å². The number of halogens is 4. The van der Waals surface area contributed by atoms with Crippen LogP contribution in [0.15, 0.2) is 149 Å². The Morgan fingerprint density at radius 2 is 0.775 bits per heavy atom. The van der Waals surface area contributed by atoms with Gasteiger partial charge in [0.1, 0.15) is 104 Å². The van der Waals surface area contributed by atoms with E-state index in [0.29, 0.717) is 55.2 Å². The molecule has 0 bridgehead atoms. The number of amides is 1. The van der Waals surface area contributed by atoms with Crippen molar-refractivity contribution in [3.63, 3.8) is 0 Å². The molecule has 51 heteroatoms. The number of H-pyrrole nitrogens is 3. The van der Waals surface area contributed by atoms with Crippen molar-refractivity contribution >= 4 is 73.9 Å². The third-order valence-electron chi connectivity index (χ3n) is 18.5. The monoisotopic (exact) mass is 1830 g/mol. The summed E-state index contributed by atoms with van der Waals surface area (Å²) in [5.41, 5.74) is 3.06. The van der Waals surface area contributed by atoms with Crippen molar-refractivity contribution in [1.82, 2.24) is 38.9 Å². The zero-order valence-electron chi connectivity index (χ0n) is 68.0. The molecule has 4 aromatic carbocycles. The van der Waals surface area contributed by atoms with E-state index in [0.717, 1.165) is 56.6 Å².